The third kappa shape index (κ3) is 1.14. The highest BCUT2D eigenvalue weighted by Gasteiger charge is 2.57. The average Bonchev–Trinajstić information content (AvgIpc) is 2.06. The van der Waals surface area contributed by atoms with E-state index in [4.69, 9.17) is 10.2 Å². The summed E-state index contributed by atoms with van der Waals surface area (Å²) in [5.41, 5.74) is -0.663. The second kappa shape index (κ2) is 2.17. The molecule has 68 valence electrons. The lowest BCUT2D eigenvalue weighted by Crippen LogP contribution is -2.50. The molecule has 0 atom stereocenters. The quantitative estimate of drug-likeness (QED) is 0.410. The Kier molecular flexibility index (Phi) is 1.62. The van der Waals surface area contributed by atoms with Gasteiger partial charge in [-0.15, -0.1) is 0 Å². The Balaban J connectivity index is 3.03. The fraction of sp³-hybridized carbons (Fsp3) is 0.500. The van der Waals surface area contributed by atoms with Gasteiger partial charge in [0.05, 0.1) is 0 Å². The van der Waals surface area contributed by atoms with Gasteiger partial charge < -0.3 is 10.2 Å². The summed E-state index contributed by atoms with van der Waals surface area (Å²) in [6, 6.07) is 0. The van der Waals surface area contributed by atoms with Crippen LogP contribution in [-0.2, 0) is 4.79 Å². The van der Waals surface area contributed by atoms with Crippen LogP contribution in [0, 0.1) is 0 Å². The smallest absolute Gasteiger partial charge is 0.353 e. The van der Waals surface area contributed by atoms with Gasteiger partial charge in [-0.2, -0.15) is 18.3 Å². The van der Waals surface area contributed by atoms with Gasteiger partial charge in [-0.05, 0) is 0 Å². The number of aliphatic hydroxyl groups is 2. The van der Waals surface area contributed by atoms with Crippen LogP contribution in [0.15, 0.2) is 5.10 Å². The fourth-order valence-electron chi connectivity index (χ4n) is 0.631. The van der Waals surface area contributed by atoms with Gasteiger partial charge in [0.2, 0.25) is 5.71 Å². The molecule has 1 aliphatic heterocycles. The molecule has 1 aliphatic rings. The first kappa shape index (κ1) is 8.94. The molecule has 0 aliphatic carbocycles. The van der Waals surface area contributed by atoms with Crippen LogP contribution in [0.2, 0.25) is 0 Å². The highest BCUT2D eigenvalue weighted by Crippen LogP contribution is 2.26. The van der Waals surface area contributed by atoms with Crippen LogP contribution in [0.25, 0.3) is 0 Å². The summed E-state index contributed by atoms with van der Waals surface area (Å²) < 4.78 is 35.4. The normalized spacial score (nSPS) is 22.1. The third-order valence-electron chi connectivity index (χ3n) is 1.18. The van der Waals surface area contributed by atoms with Crippen molar-refractivity contribution in [2.45, 2.75) is 12.0 Å². The molecule has 0 saturated carbocycles. The van der Waals surface area contributed by atoms with Crippen LogP contribution in [0.3, 0.4) is 0 Å². The Morgan fingerprint density at radius 3 is 2.08 bits per heavy atom. The van der Waals surface area contributed by atoms with Crippen molar-refractivity contribution in [3.05, 3.63) is 0 Å². The second-order valence-electron chi connectivity index (χ2n) is 2.07. The number of carbonyl (C=O) groups is 1. The maximum absolute atomic E-state index is 11.8. The van der Waals surface area contributed by atoms with E-state index in [1.165, 1.54) is 5.43 Å². The number of hydrogen-bond donors (Lipinski definition) is 3. The van der Waals surface area contributed by atoms with E-state index in [1.807, 2.05) is 0 Å². The van der Waals surface area contributed by atoms with Crippen molar-refractivity contribution in [1.82, 2.24) is 5.43 Å². The number of rotatable bonds is 0. The van der Waals surface area contributed by atoms with Gasteiger partial charge in [-0.25, -0.2) is 5.43 Å². The van der Waals surface area contributed by atoms with E-state index >= 15 is 0 Å². The van der Waals surface area contributed by atoms with Crippen molar-refractivity contribution in [3.8, 4) is 0 Å². The molecule has 1 rings (SSSR count). The van der Waals surface area contributed by atoms with E-state index in [9.17, 15) is 18.0 Å². The minimum atomic E-state index is -5.04. The lowest BCUT2D eigenvalue weighted by molar-refractivity contribution is -0.166. The van der Waals surface area contributed by atoms with Gasteiger partial charge >= 0.3 is 12.1 Å². The number of nitrogens with one attached hydrogen (secondary N) is 1. The topological polar surface area (TPSA) is 81.9 Å². The Morgan fingerprint density at radius 2 is 1.92 bits per heavy atom. The predicted octanol–water partition coefficient (Wildman–Crippen LogP) is -1.28. The van der Waals surface area contributed by atoms with E-state index in [0.717, 1.165) is 0 Å². The van der Waals surface area contributed by atoms with Crippen molar-refractivity contribution in [1.29, 1.82) is 0 Å². The largest absolute Gasteiger partial charge is 0.437 e. The molecule has 1 heterocycles. The van der Waals surface area contributed by atoms with Crippen LogP contribution in [-0.4, -0.2) is 33.8 Å². The molecule has 12 heavy (non-hydrogen) atoms. The second-order valence-corrected chi connectivity index (χ2v) is 2.07. The number of halogens is 3. The summed E-state index contributed by atoms with van der Waals surface area (Å²) in [6.07, 6.45) is -5.04. The fourth-order valence-corrected chi connectivity index (χ4v) is 0.631. The van der Waals surface area contributed by atoms with E-state index in [-0.39, 0.29) is 0 Å². The summed E-state index contributed by atoms with van der Waals surface area (Å²) in [5, 5.41) is 19.5. The van der Waals surface area contributed by atoms with Crippen LogP contribution in [0.5, 0.6) is 0 Å². The minimum Gasteiger partial charge on any atom is -0.353 e. The van der Waals surface area contributed by atoms with Crippen molar-refractivity contribution in [3.63, 3.8) is 0 Å². The van der Waals surface area contributed by atoms with Gasteiger partial charge in [0.25, 0.3) is 5.79 Å². The first-order chi connectivity index (χ1) is 5.26. The molecule has 3 N–H and O–H groups in total. The Labute approximate surface area is 63.5 Å². The van der Waals surface area contributed by atoms with Crippen molar-refractivity contribution >= 4 is 11.6 Å². The molecule has 1 amide bonds. The highest BCUT2D eigenvalue weighted by atomic mass is 19.4. The zero-order valence-corrected chi connectivity index (χ0v) is 5.38. The molecular formula is C4H3F3N2O3. The Bertz CT molecular complexity index is 257. The first-order valence-electron chi connectivity index (χ1n) is 2.67. The summed E-state index contributed by atoms with van der Waals surface area (Å²) in [7, 11) is 0. The maximum Gasteiger partial charge on any atom is 0.437 e. The highest BCUT2D eigenvalue weighted by molar-refractivity contribution is 6.15. The molecule has 8 heteroatoms. The number of alkyl halides is 3. The number of amides is 1. The van der Waals surface area contributed by atoms with Crippen molar-refractivity contribution in [2.24, 2.45) is 5.10 Å². The van der Waals surface area contributed by atoms with Crippen LogP contribution < -0.4 is 5.43 Å². The SMILES string of the molecule is O=C1NN=C(C(F)(F)F)C1(O)O. The summed E-state index contributed by atoms with van der Waals surface area (Å²) in [5.74, 6) is -5.19. The summed E-state index contributed by atoms with van der Waals surface area (Å²) in [6.45, 7) is 0. The molecule has 5 nitrogen and oxygen atoms in total. The van der Waals surface area contributed by atoms with Gasteiger partial charge in [0.1, 0.15) is 0 Å². The van der Waals surface area contributed by atoms with Gasteiger partial charge in [0, 0.05) is 0 Å². The van der Waals surface area contributed by atoms with Gasteiger partial charge in [-0.3, -0.25) is 4.79 Å². The zero-order chi connectivity index (χ0) is 9.57. The van der Waals surface area contributed by atoms with Crippen molar-refractivity contribution in [2.75, 3.05) is 0 Å². The third-order valence-corrected chi connectivity index (χ3v) is 1.18. The molecule has 0 aromatic heterocycles. The predicted molar refractivity (Wildman–Crippen MR) is 28.8 cm³/mol. The van der Waals surface area contributed by atoms with Crippen molar-refractivity contribution < 1.29 is 28.2 Å². The standard InChI is InChI=1S/C4H3F3N2O3/c5-4(6,7)1-3(11,12)2(10)9-8-1/h11-12H,(H,9,10). The number of nitrogens with zero attached hydrogens (tertiary/aromatic N) is 1. The summed E-state index contributed by atoms with van der Waals surface area (Å²) in [4.78, 5) is 10.3. The van der Waals surface area contributed by atoms with E-state index in [2.05, 4.69) is 5.10 Å². The zero-order valence-electron chi connectivity index (χ0n) is 5.38. The molecule has 0 saturated heterocycles. The number of hydrazone groups is 1. The van der Waals surface area contributed by atoms with E-state index in [1.54, 1.807) is 0 Å². The molecule has 0 aromatic rings. The lowest BCUT2D eigenvalue weighted by Gasteiger charge is -2.15. The van der Waals surface area contributed by atoms with Crippen LogP contribution in [0.4, 0.5) is 13.2 Å². The van der Waals surface area contributed by atoms with E-state index in [0.29, 0.717) is 0 Å². The van der Waals surface area contributed by atoms with Crippen LogP contribution in [0.1, 0.15) is 0 Å². The van der Waals surface area contributed by atoms with E-state index < -0.39 is 23.6 Å². The Hall–Kier alpha value is -1.15. The molecule has 0 unspecified atom stereocenters. The minimum absolute atomic E-state index is 1.30. The Morgan fingerprint density at radius 1 is 1.42 bits per heavy atom. The van der Waals surface area contributed by atoms with Gasteiger partial charge in [0.15, 0.2) is 0 Å². The first-order valence-corrected chi connectivity index (χ1v) is 2.67. The molecular weight excluding hydrogens is 181 g/mol. The molecule has 0 bridgehead atoms. The maximum atomic E-state index is 11.8. The molecule has 0 aromatic carbocycles. The van der Waals surface area contributed by atoms with Gasteiger partial charge in [-0.1, -0.05) is 0 Å². The summed E-state index contributed by atoms with van der Waals surface area (Å²) >= 11 is 0. The number of hydrogen-bond acceptors (Lipinski definition) is 4. The molecule has 0 radical (unpaired) electrons. The molecule has 0 spiro atoms. The lowest BCUT2D eigenvalue weighted by atomic mass is 10.1. The average molecular weight is 184 g/mol. The molecule has 0 fully saturated rings. The van der Waals surface area contributed by atoms with Crippen LogP contribution >= 0.6 is 0 Å². The number of carbonyl (C=O) groups excluding carboxylic acids is 1. The monoisotopic (exact) mass is 184 g/mol.